The third-order valence-corrected chi connectivity index (χ3v) is 9.22. The second-order valence-corrected chi connectivity index (χ2v) is 9.64. The largest absolute Gasteiger partial charge is 0.498 e. The second kappa shape index (κ2) is 5.64. The maximum atomic E-state index is 5.82. The van der Waals surface area contributed by atoms with Gasteiger partial charge in [0.05, 0.1) is 12.4 Å². The van der Waals surface area contributed by atoms with E-state index < -0.39 is 0 Å². The Morgan fingerprint density at radius 2 is 1.96 bits per heavy atom. The molecule has 0 aromatic carbocycles. The first-order valence-electron chi connectivity index (χ1n) is 9.39. The molecule has 0 bridgehead atoms. The molecule has 0 radical (unpaired) electrons. The van der Waals surface area contributed by atoms with Gasteiger partial charge in [-0.05, 0) is 100 Å². The molecule has 1 saturated carbocycles. The van der Waals surface area contributed by atoms with E-state index in [1.165, 1.54) is 37.9 Å². The number of hydrogen-bond acceptors (Lipinski definition) is 1. The maximum absolute atomic E-state index is 5.82. The number of fused-ring (bicyclic) bond motifs is 5. The van der Waals surface area contributed by atoms with Crippen molar-refractivity contribution in [3.8, 4) is 0 Å². The van der Waals surface area contributed by atoms with Crippen molar-refractivity contribution in [2.45, 2.75) is 59.3 Å². The van der Waals surface area contributed by atoms with Gasteiger partial charge in [0.15, 0.2) is 0 Å². The van der Waals surface area contributed by atoms with Crippen LogP contribution in [0.1, 0.15) is 59.3 Å². The summed E-state index contributed by atoms with van der Waals surface area (Å²) in [5.74, 6) is 3.84. The maximum Gasteiger partial charge on any atom is 0.0962 e. The molecule has 0 spiro atoms. The molecule has 1 nitrogen and oxygen atoms in total. The third-order valence-electron chi connectivity index (χ3n) is 7.55. The van der Waals surface area contributed by atoms with E-state index in [0.29, 0.717) is 10.8 Å². The molecule has 126 valence electrons. The molecule has 0 N–H and O–H groups in total. The Kier molecular flexibility index (Phi) is 3.98. The molecule has 4 aliphatic carbocycles. The molecule has 0 amide bonds. The third kappa shape index (κ3) is 2.30. The number of rotatable bonds is 2. The summed E-state index contributed by atoms with van der Waals surface area (Å²) in [6.45, 7) is 7.97. The van der Waals surface area contributed by atoms with E-state index in [0.717, 1.165) is 30.8 Å². The average molecular weight is 424 g/mol. The number of halogens is 1. The minimum absolute atomic E-state index is 0.388. The van der Waals surface area contributed by atoms with Crippen molar-refractivity contribution >= 4 is 22.6 Å². The van der Waals surface area contributed by atoms with E-state index in [-0.39, 0.29) is 0 Å². The first-order valence-corrected chi connectivity index (χ1v) is 10.5. The highest BCUT2D eigenvalue weighted by Gasteiger charge is 2.55. The summed E-state index contributed by atoms with van der Waals surface area (Å²) >= 11 is 2.62. The van der Waals surface area contributed by atoms with E-state index in [4.69, 9.17) is 4.74 Å². The Hall–Kier alpha value is -0.250. The van der Waals surface area contributed by atoms with Crippen LogP contribution < -0.4 is 0 Å². The van der Waals surface area contributed by atoms with Crippen molar-refractivity contribution in [2.75, 3.05) is 6.61 Å². The molecule has 0 aromatic heterocycles. The van der Waals surface area contributed by atoms with E-state index in [9.17, 15) is 0 Å². The second-order valence-electron chi connectivity index (χ2n) is 8.48. The van der Waals surface area contributed by atoms with Crippen LogP contribution in [0.25, 0.3) is 0 Å². The Balaban J connectivity index is 1.66. The monoisotopic (exact) mass is 424 g/mol. The van der Waals surface area contributed by atoms with Gasteiger partial charge >= 0.3 is 0 Å². The highest BCUT2D eigenvalue weighted by Crippen LogP contribution is 2.65. The topological polar surface area (TPSA) is 9.23 Å². The molecule has 4 rings (SSSR count). The van der Waals surface area contributed by atoms with Crippen LogP contribution in [0.4, 0.5) is 0 Å². The molecular formula is C21H29IO. The Bertz CT molecular complexity index is 601. The van der Waals surface area contributed by atoms with Crippen LogP contribution in [-0.2, 0) is 4.74 Å². The Morgan fingerprint density at radius 3 is 2.74 bits per heavy atom. The average Bonchev–Trinajstić information content (AvgIpc) is 2.84. The van der Waals surface area contributed by atoms with Crippen molar-refractivity contribution in [1.82, 2.24) is 0 Å². The first-order chi connectivity index (χ1) is 11.0. The minimum atomic E-state index is 0.388. The summed E-state index contributed by atoms with van der Waals surface area (Å²) in [4.78, 5) is 0. The zero-order valence-electron chi connectivity index (χ0n) is 14.7. The van der Waals surface area contributed by atoms with Gasteiger partial charge < -0.3 is 4.74 Å². The van der Waals surface area contributed by atoms with Gasteiger partial charge in [-0.1, -0.05) is 26.0 Å². The number of allylic oxidation sites excluding steroid dienone is 6. The molecule has 4 aliphatic rings. The van der Waals surface area contributed by atoms with Gasteiger partial charge in [-0.3, -0.25) is 0 Å². The van der Waals surface area contributed by atoms with Gasteiger partial charge in [0.2, 0.25) is 0 Å². The van der Waals surface area contributed by atoms with Crippen LogP contribution in [0, 0.1) is 28.6 Å². The smallest absolute Gasteiger partial charge is 0.0962 e. The van der Waals surface area contributed by atoms with Crippen LogP contribution in [0.2, 0.25) is 0 Å². The Labute approximate surface area is 154 Å². The van der Waals surface area contributed by atoms with Crippen LogP contribution in [0.5, 0.6) is 0 Å². The summed E-state index contributed by atoms with van der Waals surface area (Å²) in [5.41, 5.74) is 2.45. The molecule has 0 aliphatic heterocycles. The molecule has 2 heteroatoms. The van der Waals surface area contributed by atoms with Gasteiger partial charge in [0.1, 0.15) is 0 Å². The summed E-state index contributed by atoms with van der Waals surface area (Å²) in [6.07, 6.45) is 15.3. The number of ether oxygens (including phenoxy) is 1. The Morgan fingerprint density at radius 1 is 1.13 bits per heavy atom. The lowest BCUT2D eigenvalue weighted by molar-refractivity contribution is -0.00877. The van der Waals surface area contributed by atoms with Crippen molar-refractivity contribution < 1.29 is 4.74 Å². The van der Waals surface area contributed by atoms with Gasteiger partial charge in [-0.2, -0.15) is 0 Å². The fourth-order valence-electron chi connectivity index (χ4n) is 6.11. The van der Waals surface area contributed by atoms with Crippen LogP contribution in [-0.4, -0.2) is 6.61 Å². The summed E-state index contributed by atoms with van der Waals surface area (Å²) < 4.78 is 7.46. The number of hydrogen-bond donors (Lipinski definition) is 0. The zero-order chi connectivity index (χ0) is 16.2. The van der Waals surface area contributed by atoms with Crippen molar-refractivity contribution in [1.29, 1.82) is 0 Å². The van der Waals surface area contributed by atoms with Gasteiger partial charge in [0, 0.05) is 11.8 Å². The summed E-state index contributed by atoms with van der Waals surface area (Å²) in [5, 5.41) is 0. The fourth-order valence-corrected chi connectivity index (χ4v) is 7.04. The lowest BCUT2D eigenvalue weighted by atomic mass is 9.49. The predicted molar refractivity (Wildman–Crippen MR) is 104 cm³/mol. The molecule has 0 heterocycles. The molecule has 0 aromatic rings. The normalized spacial score (nSPS) is 45.2. The van der Waals surface area contributed by atoms with Gasteiger partial charge in [0.25, 0.3) is 0 Å². The van der Waals surface area contributed by atoms with Crippen molar-refractivity contribution in [3.63, 3.8) is 0 Å². The van der Waals surface area contributed by atoms with E-state index in [2.05, 4.69) is 61.6 Å². The van der Waals surface area contributed by atoms with Gasteiger partial charge in [-0.15, -0.1) is 0 Å². The quantitative estimate of drug-likeness (QED) is 0.466. The standard InChI is InChI=1S/C21H29IO/c1-4-23-15-9-11-20(2)14(13-15)5-6-16-17-7-8-19(22)21(17,3)12-10-18(16)20/h5,8,13,16-18H,4,6-7,9-12H2,1-3H3/t16-,17-,18-,20-,21-/m0/s1. The van der Waals surface area contributed by atoms with Crippen molar-refractivity contribution in [2.24, 2.45) is 28.6 Å². The van der Waals surface area contributed by atoms with Crippen LogP contribution in [0.3, 0.4) is 0 Å². The molecule has 1 fully saturated rings. The van der Waals surface area contributed by atoms with E-state index >= 15 is 0 Å². The van der Waals surface area contributed by atoms with E-state index in [1.54, 1.807) is 9.15 Å². The summed E-state index contributed by atoms with van der Waals surface area (Å²) in [7, 11) is 0. The molecular weight excluding hydrogens is 395 g/mol. The lowest BCUT2D eigenvalue weighted by Gasteiger charge is -2.56. The lowest BCUT2D eigenvalue weighted by Crippen LogP contribution is -2.48. The molecule has 0 saturated heterocycles. The molecule has 23 heavy (non-hydrogen) atoms. The van der Waals surface area contributed by atoms with Crippen LogP contribution >= 0.6 is 22.6 Å². The highest BCUT2D eigenvalue weighted by molar-refractivity contribution is 14.1. The molecule has 0 unspecified atom stereocenters. The first kappa shape index (κ1) is 16.2. The summed E-state index contributed by atoms with van der Waals surface area (Å²) in [6, 6.07) is 0. The SMILES string of the molecule is CCOC1=CC2=CC[C@@H]3[C@H](CC[C@]4(C)C(I)=CC[C@@H]34)[C@@]2(C)CC1. The van der Waals surface area contributed by atoms with Crippen molar-refractivity contribution in [3.05, 3.63) is 33.1 Å². The highest BCUT2D eigenvalue weighted by atomic mass is 127. The van der Waals surface area contributed by atoms with E-state index in [1.807, 2.05) is 0 Å². The minimum Gasteiger partial charge on any atom is -0.498 e. The molecule has 5 atom stereocenters. The zero-order valence-corrected chi connectivity index (χ0v) is 16.9. The predicted octanol–water partition coefficient (Wildman–Crippen LogP) is 6.41. The van der Waals surface area contributed by atoms with Gasteiger partial charge in [-0.25, -0.2) is 0 Å². The van der Waals surface area contributed by atoms with Crippen LogP contribution in [0.15, 0.2) is 33.1 Å². The fraction of sp³-hybridized carbons (Fsp3) is 0.714.